The maximum atomic E-state index is 12.2. The highest BCUT2D eigenvalue weighted by atomic mass is 32.3. The molecule has 0 unspecified atom stereocenters. The summed E-state index contributed by atoms with van der Waals surface area (Å²) in [5.41, 5.74) is 6.22. The molecular formula is C18H17N3O10S3. The Bertz CT molecular complexity index is 1600. The van der Waals surface area contributed by atoms with Crippen molar-refractivity contribution in [3.05, 3.63) is 48.5 Å². The largest absolute Gasteiger partial charge is 0.507 e. The molecule has 0 saturated carbocycles. The number of sulfone groups is 1. The average Bonchev–Trinajstić information content (AvgIpc) is 2.71. The number of anilines is 1. The van der Waals surface area contributed by atoms with Crippen LogP contribution in [0.5, 0.6) is 5.75 Å². The summed E-state index contributed by atoms with van der Waals surface area (Å²) in [4.78, 5) is -0.686. The number of hydrogen-bond donors (Lipinski definition) is 4. The van der Waals surface area contributed by atoms with Gasteiger partial charge in [0, 0.05) is 6.07 Å². The van der Waals surface area contributed by atoms with E-state index in [2.05, 4.69) is 14.4 Å². The van der Waals surface area contributed by atoms with Gasteiger partial charge in [-0.3, -0.25) is 9.11 Å². The summed E-state index contributed by atoms with van der Waals surface area (Å²) in [5, 5.41) is 18.5. The average molecular weight is 532 g/mol. The van der Waals surface area contributed by atoms with Gasteiger partial charge in [0.25, 0.3) is 10.1 Å². The van der Waals surface area contributed by atoms with Crippen LogP contribution in [0, 0.1) is 0 Å². The van der Waals surface area contributed by atoms with Gasteiger partial charge in [-0.2, -0.15) is 21.9 Å². The molecule has 182 valence electrons. The van der Waals surface area contributed by atoms with Crippen molar-refractivity contribution in [2.45, 2.75) is 9.79 Å². The van der Waals surface area contributed by atoms with Gasteiger partial charge in [-0.05, 0) is 41.8 Å². The number of phenols is 1. The van der Waals surface area contributed by atoms with Gasteiger partial charge in [0.2, 0.25) is 0 Å². The Balaban J connectivity index is 1.90. The Morgan fingerprint density at radius 1 is 0.853 bits per heavy atom. The number of rotatable bonds is 8. The quantitative estimate of drug-likeness (QED) is 0.187. The lowest BCUT2D eigenvalue weighted by Crippen LogP contribution is -2.15. The summed E-state index contributed by atoms with van der Waals surface area (Å²) in [5.74, 6) is -1.22. The first-order valence-electron chi connectivity index (χ1n) is 9.06. The normalized spacial score (nSPS) is 13.0. The van der Waals surface area contributed by atoms with Crippen LogP contribution in [0.15, 0.2) is 68.6 Å². The van der Waals surface area contributed by atoms with Crippen molar-refractivity contribution in [1.82, 2.24) is 0 Å². The Morgan fingerprint density at radius 2 is 1.50 bits per heavy atom. The lowest BCUT2D eigenvalue weighted by molar-refractivity contribution is 0.284. The lowest BCUT2D eigenvalue weighted by Gasteiger charge is -2.09. The Kier molecular flexibility index (Phi) is 6.92. The predicted molar refractivity (Wildman–Crippen MR) is 120 cm³/mol. The highest BCUT2D eigenvalue weighted by Crippen LogP contribution is 2.40. The molecule has 0 spiro atoms. The van der Waals surface area contributed by atoms with Gasteiger partial charge in [-0.25, -0.2) is 12.6 Å². The number of azo groups is 1. The summed E-state index contributed by atoms with van der Waals surface area (Å²) < 4.78 is 90.0. The molecule has 0 aliphatic heterocycles. The molecule has 5 N–H and O–H groups in total. The molecule has 16 heteroatoms. The van der Waals surface area contributed by atoms with Gasteiger partial charge in [-0.15, -0.1) is 5.11 Å². The van der Waals surface area contributed by atoms with E-state index in [9.17, 15) is 34.9 Å². The summed E-state index contributed by atoms with van der Waals surface area (Å²) in [6.45, 7) is -0.772. The second kappa shape index (κ2) is 9.24. The van der Waals surface area contributed by atoms with Crippen molar-refractivity contribution < 1.29 is 43.6 Å². The van der Waals surface area contributed by atoms with Crippen LogP contribution in [-0.4, -0.2) is 51.8 Å². The standard InChI is InChI=1S/C18H17N3O10S3/c19-15-6-1-11-9-14(33(25,26)27)10-16(22)17(11)18(15)21-20-12-2-4-13(5-3-12)32(23,24)8-7-31-34(28,29)30/h1-6,9-10,22H,7-8,19H2,(H,25,26,27)(H,28,29,30)/b21-20+. The van der Waals surface area contributed by atoms with E-state index < -0.39 is 53.4 Å². The molecule has 0 aliphatic carbocycles. The number of nitrogen functional groups attached to an aromatic ring is 1. The number of phenolic OH excluding ortho intramolecular Hbond substituents is 1. The van der Waals surface area contributed by atoms with E-state index in [1.54, 1.807) is 0 Å². The maximum absolute atomic E-state index is 12.2. The zero-order valence-corrected chi connectivity index (χ0v) is 19.4. The molecule has 13 nitrogen and oxygen atoms in total. The zero-order valence-electron chi connectivity index (χ0n) is 16.9. The molecule has 0 saturated heterocycles. The van der Waals surface area contributed by atoms with E-state index in [-0.39, 0.29) is 32.7 Å². The molecule has 0 fully saturated rings. The minimum absolute atomic E-state index is 0.0101. The first-order chi connectivity index (χ1) is 15.7. The number of nitrogens with zero attached hydrogens (tertiary/aromatic N) is 2. The second-order valence-corrected chi connectivity index (χ2v) is 11.4. The van der Waals surface area contributed by atoms with Crippen molar-refractivity contribution >= 4 is 58.2 Å². The van der Waals surface area contributed by atoms with Crippen LogP contribution >= 0.6 is 0 Å². The summed E-state index contributed by atoms with van der Waals surface area (Å²) >= 11 is 0. The number of fused-ring (bicyclic) bond motifs is 1. The first kappa shape index (κ1) is 25.5. The number of aromatic hydroxyl groups is 1. The van der Waals surface area contributed by atoms with Crippen LogP contribution in [-0.2, 0) is 34.5 Å². The van der Waals surface area contributed by atoms with E-state index in [4.69, 9.17) is 10.3 Å². The van der Waals surface area contributed by atoms with Crippen molar-refractivity contribution in [3.63, 3.8) is 0 Å². The monoisotopic (exact) mass is 531 g/mol. The van der Waals surface area contributed by atoms with E-state index in [0.717, 1.165) is 12.1 Å². The molecule has 0 heterocycles. The van der Waals surface area contributed by atoms with Gasteiger partial charge in [0.05, 0.1) is 38.9 Å². The smallest absolute Gasteiger partial charge is 0.397 e. The van der Waals surface area contributed by atoms with Gasteiger partial charge >= 0.3 is 10.4 Å². The van der Waals surface area contributed by atoms with Crippen LogP contribution in [0.2, 0.25) is 0 Å². The fourth-order valence-electron chi connectivity index (χ4n) is 2.87. The van der Waals surface area contributed by atoms with Crippen LogP contribution in [0.3, 0.4) is 0 Å². The fraction of sp³-hybridized carbons (Fsp3) is 0.111. The van der Waals surface area contributed by atoms with Crippen molar-refractivity contribution in [3.8, 4) is 5.75 Å². The Hall–Kier alpha value is -3.15. The minimum atomic E-state index is -4.76. The van der Waals surface area contributed by atoms with Crippen LogP contribution in [0.1, 0.15) is 0 Å². The summed E-state index contributed by atoms with van der Waals surface area (Å²) in [7, 11) is -13.3. The number of benzene rings is 3. The van der Waals surface area contributed by atoms with Crippen molar-refractivity contribution in [1.29, 1.82) is 0 Å². The number of hydrogen-bond acceptors (Lipinski definition) is 11. The maximum Gasteiger partial charge on any atom is 0.397 e. The first-order valence-corrected chi connectivity index (χ1v) is 13.5. The van der Waals surface area contributed by atoms with Crippen LogP contribution in [0.4, 0.5) is 17.1 Å². The van der Waals surface area contributed by atoms with Crippen LogP contribution in [0.25, 0.3) is 10.8 Å². The molecule has 3 rings (SSSR count). The van der Waals surface area contributed by atoms with E-state index in [1.807, 2.05) is 0 Å². The van der Waals surface area contributed by atoms with E-state index >= 15 is 0 Å². The molecule has 0 atom stereocenters. The molecule has 34 heavy (non-hydrogen) atoms. The molecule has 0 radical (unpaired) electrons. The highest BCUT2D eigenvalue weighted by Gasteiger charge is 2.18. The molecule has 3 aromatic rings. The van der Waals surface area contributed by atoms with Crippen LogP contribution < -0.4 is 5.73 Å². The third-order valence-electron chi connectivity index (χ3n) is 4.42. The van der Waals surface area contributed by atoms with Gasteiger partial charge in [0.1, 0.15) is 11.4 Å². The topological polar surface area (TPSA) is 223 Å². The van der Waals surface area contributed by atoms with Gasteiger partial charge < -0.3 is 10.8 Å². The molecule has 0 amide bonds. The van der Waals surface area contributed by atoms with Gasteiger partial charge in [-0.1, -0.05) is 6.07 Å². The van der Waals surface area contributed by atoms with Crippen molar-refractivity contribution in [2.24, 2.45) is 10.2 Å². The molecule has 0 aliphatic rings. The fourth-order valence-corrected chi connectivity index (χ4v) is 4.89. The molecule has 0 bridgehead atoms. The zero-order chi connectivity index (χ0) is 25.3. The van der Waals surface area contributed by atoms with E-state index in [1.165, 1.54) is 36.4 Å². The minimum Gasteiger partial charge on any atom is -0.507 e. The third-order valence-corrected chi connectivity index (χ3v) is 7.41. The number of nitrogens with two attached hydrogens (primary N) is 1. The Labute approximate surface area is 194 Å². The van der Waals surface area contributed by atoms with Gasteiger partial charge in [0.15, 0.2) is 9.84 Å². The molecular weight excluding hydrogens is 514 g/mol. The van der Waals surface area contributed by atoms with E-state index in [0.29, 0.717) is 0 Å². The Morgan fingerprint density at radius 3 is 2.09 bits per heavy atom. The van der Waals surface area contributed by atoms with Crippen molar-refractivity contribution in [2.75, 3.05) is 18.1 Å². The highest BCUT2D eigenvalue weighted by molar-refractivity contribution is 7.91. The predicted octanol–water partition coefficient (Wildman–Crippen LogP) is 2.38. The SMILES string of the molecule is Nc1ccc2cc(S(=O)(=O)O)cc(O)c2c1/N=N/c1ccc(S(=O)(=O)CCOS(=O)(=O)O)cc1. The molecule has 3 aromatic carbocycles. The third kappa shape index (κ3) is 6.04. The second-order valence-electron chi connectivity index (χ2n) is 6.78. The lowest BCUT2D eigenvalue weighted by atomic mass is 10.1. The summed E-state index contributed by atoms with van der Waals surface area (Å²) in [6, 6.07) is 9.77. The molecule has 0 aromatic heterocycles. The summed E-state index contributed by atoms with van der Waals surface area (Å²) in [6.07, 6.45) is 0.